The molecule has 1 aromatic rings. The third-order valence-corrected chi connectivity index (χ3v) is 5.43. The van der Waals surface area contributed by atoms with Crippen molar-refractivity contribution in [2.75, 3.05) is 5.32 Å². The summed E-state index contributed by atoms with van der Waals surface area (Å²) in [6, 6.07) is 1.90. The van der Waals surface area contributed by atoms with E-state index >= 15 is 0 Å². The fourth-order valence-electron chi connectivity index (χ4n) is 1.72. The van der Waals surface area contributed by atoms with Crippen molar-refractivity contribution in [1.29, 1.82) is 0 Å². The van der Waals surface area contributed by atoms with Crippen LogP contribution in [0, 0.1) is 10.7 Å². The van der Waals surface area contributed by atoms with Gasteiger partial charge in [-0.2, -0.15) is 0 Å². The first kappa shape index (κ1) is 17.4. The summed E-state index contributed by atoms with van der Waals surface area (Å²) < 4.78 is 2.62. The molecule has 0 fully saturated rings. The molecule has 0 heterocycles. The highest BCUT2D eigenvalue weighted by atomic mass is 127. The Labute approximate surface area is 152 Å². The van der Waals surface area contributed by atoms with Crippen molar-refractivity contribution in [3.8, 4) is 0 Å². The van der Waals surface area contributed by atoms with Gasteiger partial charge >= 0.3 is 5.97 Å². The maximum Gasteiger partial charge on any atom is 0.311 e. The highest BCUT2D eigenvalue weighted by molar-refractivity contribution is 14.1. The van der Waals surface area contributed by atoms with Gasteiger partial charge < -0.3 is 10.4 Å². The molecule has 7 heteroatoms. The molecule has 1 atom stereocenters. The number of carbonyl (C=O) groups excluding carboxylic acids is 1. The van der Waals surface area contributed by atoms with Gasteiger partial charge in [0.1, 0.15) is 0 Å². The van der Waals surface area contributed by atoms with Crippen molar-refractivity contribution < 1.29 is 14.7 Å². The monoisotopic (exact) mass is 599 g/mol. The molecule has 0 radical (unpaired) electrons. The molecule has 1 rings (SSSR count). The summed E-state index contributed by atoms with van der Waals surface area (Å²) in [4.78, 5) is 22.6. The molecule has 19 heavy (non-hydrogen) atoms. The highest BCUT2D eigenvalue weighted by Gasteiger charge is 2.25. The number of hydrogen-bond acceptors (Lipinski definition) is 2. The molecular formula is C12H12I3NO3. The predicted molar refractivity (Wildman–Crippen MR) is 99.6 cm³/mol. The van der Waals surface area contributed by atoms with E-state index in [1.54, 1.807) is 0 Å². The van der Waals surface area contributed by atoms with Gasteiger partial charge in [-0.15, -0.1) is 0 Å². The minimum atomic E-state index is -0.840. The lowest BCUT2D eigenvalue weighted by Crippen LogP contribution is -2.17. The Hall–Kier alpha value is 0.350. The largest absolute Gasteiger partial charge is 0.481 e. The number of carboxylic acid groups (broad SMARTS) is 1. The van der Waals surface area contributed by atoms with Crippen LogP contribution in [0.1, 0.15) is 31.7 Å². The van der Waals surface area contributed by atoms with Crippen molar-refractivity contribution >= 4 is 85.3 Å². The van der Waals surface area contributed by atoms with Crippen LogP contribution in [-0.4, -0.2) is 17.0 Å². The van der Waals surface area contributed by atoms with Crippen molar-refractivity contribution in [1.82, 2.24) is 0 Å². The second-order valence-corrected chi connectivity index (χ2v) is 7.33. The van der Waals surface area contributed by atoms with E-state index in [2.05, 4.69) is 73.1 Å². The first-order chi connectivity index (χ1) is 8.79. The van der Waals surface area contributed by atoms with Crippen molar-refractivity contribution in [2.24, 2.45) is 0 Å². The number of benzene rings is 1. The number of rotatable bonds is 4. The van der Waals surface area contributed by atoms with Gasteiger partial charge in [-0.1, -0.05) is 6.92 Å². The van der Waals surface area contributed by atoms with Crippen molar-refractivity contribution in [3.05, 3.63) is 22.3 Å². The van der Waals surface area contributed by atoms with Gasteiger partial charge in [0.15, 0.2) is 0 Å². The summed E-state index contributed by atoms with van der Waals surface area (Å²) in [7, 11) is 0. The maximum absolute atomic E-state index is 11.4. The van der Waals surface area contributed by atoms with Crippen LogP contribution in [0.2, 0.25) is 0 Å². The summed E-state index contributed by atoms with van der Waals surface area (Å²) in [6.45, 7) is 3.29. The Morgan fingerprint density at radius 3 is 2.32 bits per heavy atom. The van der Waals surface area contributed by atoms with Crippen LogP contribution in [0.3, 0.4) is 0 Å². The van der Waals surface area contributed by atoms with E-state index in [9.17, 15) is 14.7 Å². The van der Waals surface area contributed by atoms with Gasteiger partial charge in [-0.3, -0.25) is 9.59 Å². The summed E-state index contributed by atoms with van der Waals surface area (Å²) in [5.41, 5.74) is 1.48. The van der Waals surface area contributed by atoms with Gasteiger partial charge in [0, 0.05) is 17.6 Å². The zero-order valence-electron chi connectivity index (χ0n) is 10.3. The fourth-order valence-corrected chi connectivity index (χ4v) is 6.11. The number of carboxylic acids is 1. The predicted octanol–water partition coefficient (Wildman–Crippen LogP) is 4.04. The lowest BCUT2D eigenvalue weighted by atomic mass is 9.96. The fraction of sp³-hybridized carbons (Fsp3) is 0.333. The first-order valence-corrected chi connectivity index (χ1v) is 8.71. The van der Waals surface area contributed by atoms with Gasteiger partial charge in [0.2, 0.25) is 5.91 Å². The van der Waals surface area contributed by atoms with Crippen LogP contribution in [0.15, 0.2) is 6.07 Å². The van der Waals surface area contributed by atoms with E-state index in [-0.39, 0.29) is 5.91 Å². The van der Waals surface area contributed by atoms with E-state index in [1.165, 1.54) is 6.92 Å². The molecule has 2 N–H and O–H groups in total. The minimum Gasteiger partial charge on any atom is -0.481 e. The molecule has 0 aromatic heterocycles. The topological polar surface area (TPSA) is 66.4 Å². The second kappa shape index (κ2) is 7.38. The summed E-state index contributed by atoms with van der Waals surface area (Å²) in [5, 5.41) is 12.1. The Kier molecular flexibility index (Phi) is 6.76. The van der Waals surface area contributed by atoms with E-state index < -0.39 is 11.9 Å². The third kappa shape index (κ3) is 4.16. The Balaban J connectivity index is 3.47. The number of aliphatic carboxylic acids is 1. The molecule has 0 saturated carbocycles. The number of amides is 1. The van der Waals surface area contributed by atoms with E-state index in [0.717, 1.165) is 16.3 Å². The molecule has 0 saturated heterocycles. The maximum atomic E-state index is 11.4. The molecule has 1 unspecified atom stereocenters. The van der Waals surface area contributed by atoms with Gasteiger partial charge in [-0.25, -0.2) is 0 Å². The Morgan fingerprint density at radius 1 is 1.32 bits per heavy atom. The van der Waals surface area contributed by atoms with E-state index in [4.69, 9.17) is 0 Å². The van der Waals surface area contributed by atoms with Crippen molar-refractivity contribution in [2.45, 2.75) is 26.2 Å². The van der Waals surface area contributed by atoms with E-state index in [1.807, 2.05) is 13.0 Å². The standard InChI is InChI=1S/C12H12I3NO3/c1-3-6(12(18)19)9-7(13)4-8(14)11(10(9)15)16-5(2)17/h4,6H,3H2,1-2H3,(H,16,17)(H,18,19). The average Bonchev–Trinajstić information content (AvgIpc) is 2.29. The van der Waals surface area contributed by atoms with Gasteiger partial charge in [0.05, 0.1) is 11.6 Å². The number of hydrogen-bond donors (Lipinski definition) is 2. The highest BCUT2D eigenvalue weighted by Crippen LogP contribution is 2.37. The van der Waals surface area contributed by atoms with Crippen LogP contribution in [0.25, 0.3) is 0 Å². The smallest absolute Gasteiger partial charge is 0.311 e. The SMILES string of the molecule is CCC(C(=O)O)c1c(I)cc(I)c(NC(C)=O)c1I. The number of halogens is 3. The van der Waals surface area contributed by atoms with Gasteiger partial charge in [0.25, 0.3) is 0 Å². The van der Waals surface area contributed by atoms with Gasteiger partial charge in [-0.05, 0) is 85.8 Å². The molecule has 1 aromatic carbocycles. The van der Waals surface area contributed by atoms with E-state index in [0.29, 0.717) is 12.1 Å². The van der Waals surface area contributed by atoms with Crippen LogP contribution >= 0.6 is 67.8 Å². The number of carbonyl (C=O) groups is 2. The number of anilines is 1. The quantitative estimate of drug-likeness (QED) is 0.515. The molecule has 104 valence electrons. The lowest BCUT2D eigenvalue weighted by molar-refractivity contribution is -0.138. The molecule has 0 aliphatic rings. The lowest BCUT2D eigenvalue weighted by Gasteiger charge is -2.19. The average molecular weight is 599 g/mol. The zero-order chi connectivity index (χ0) is 14.7. The van der Waals surface area contributed by atoms with Crippen LogP contribution in [-0.2, 0) is 9.59 Å². The minimum absolute atomic E-state index is 0.161. The molecule has 0 bridgehead atoms. The third-order valence-electron chi connectivity index (χ3n) is 2.56. The summed E-state index contributed by atoms with van der Waals surface area (Å²) in [6.07, 6.45) is 0.515. The molecule has 0 aliphatic heterocycles. The van der Waals surface area contributed by atoms with Crippen LogP contribution in [0.4, 0.5) is 5.69 Å². The molecule has 4 nitrogen and oxygen atoms in total. The number of nitrogens with one attached hydrogen (secondary N) is 1. The summed E-state index contributed by atoms with van der Waals surface area (Å²) in [5.74, 6) is -1.55. The molecular weight excluding hydrogens is 587 g/mol. The van der Waals surface area contributed by atoms with Crippen LogP contribution < -0.4 is 5.32 Å². The molecule has 1 amide bonds. The first-order valence-electron chi connectivity index (χ1n) is 5.47. The zero-order valence-corrected chi connectivity index (χ0v) is 16.7. The molecule has 0 spiro atoms. The van der Waals surface area contributed by atoms with Crippen LogP contribution in [0.5, 0.6) is 0 Å². The normalized spacial score (nSPS) is 12.1. The second-order valence-electron chi connectivity index (χ2n) is 3.92. The summed E-state index contributed by atoms with van der Waals surface area (Å²) >= 11 is 6.40. The Morgan fingerprint density at radius 2 is 1.89 bits per heavy atom. The molecule has 0 aliphatic carbocycles. The van der Waals surface area contributed by atoms with Crippen molar-refractivity contribution in [3.63, 3.8) is 0 Å². The Bertz CT molecular complexity index is 531.